The van der Waals surface area contributed by atoms with Crippen molar-refractivity contribution in [3.8, 4) is 0 Å². The average molecular weight is 706 g/mol. The first-order valence-corrected chi connectivity index (χ1v) is 11.3. The van der Waals surface area contributed by atoms with E-state index in [1.165, 1.54) is 0 Å². The summed E-state index contributed by atoms with van der Waals surface area (Å²) in [5.41, 5.74) is -20.0. The molecule has 46 heavy (non-hydrogen) atoms. The molecule has 0 amide bonds. The number of fused-ring (bicyclic) bond motifs is 2. The van der Waals surface area contributed by atoms with E-state index in [4.69, 9.17) is 11.5 Å². The number of benzene rings is 3. The molecule has 7 N–H and O–H groups in total. The Morgan fingerprint density at radius 2 is 0.674 bits per heavy atom. The number of hydrogen-bond donors (Lipinski definition) is 5. The van der Waals surface area contributed by atoms with Gasteiger partial charge in [0, 0.05) is 33.5 Å². The molecule has 0 spiro atoms. The molecule has 0 aliphatic carbocycles. The number of halogens is 18. The molecule has 0 saturated heterocycles. The molecular weight excluding hydrogens is 694 g/mol. The molecule has 3 aromatic rings. The normalized spacial score (nSPS) is 15.2. The molecule has 0 aromatic heterocycles. The van der Waals surface area contributed by atoms with E-state index in [2.05, 4.69) is 0 Å². The van der Waals surface area contributed by atoms with Crippen molar-refractivity contribution in [3.63, 3.8) is 0 Å². The number of rotatable bonds is 3. The van der Waals surface area contributed by atoms with Gasteiger partial charge >= 0.3 is 37.1 Å². The van der Waals surface area contributed by atoms with E-state index in [1.54, 1.807) is 0 Å². The number of anilines is 2. The molecule has 3 aromatic carbocycles. The highest BCUT2D eigenvalue weighted by Gasteiger charge is 2.75. The Morgan fingerprint density at radius 1 is 0.370 bits per heavy atom. The monoisotopic (exact) mass is 706 g/mol. The number of nitrogens with two attached hydrogens (primary N) is 2. The van der Waals surface area contributed by atoms with Crippen LogP contribution in [0.1, 0.15) is 16.7 Å². The minimum Gasteiger partial charge on any atom is -0.398 e. The molecule has 258 valence electrons. The summed E-state index contributed by atoms with van der Waals surface area (Å²) >= 11 is 0. The maximum absolute atomic E-state index is 13.9. The van der Waals surface area contributed by atoms with Gasteiger partial charge in [0.25, 0.3) is 16.8 Å². The van der Waals surface area contributed by atoms with Crippen LogP contribution in [0.2, 0.25) is 0 Å². The highest BCUT2D eigenvalue weighted by atomic mass is 19.4. The van der Waals surface area contributed by atoms with Gasteiger partial charge in [0.15, 0.2) is 0 Å². The summed E-state index contributed by atoms with van der Waals surface area (Å²) in [5, 5.41) is 23.6. The van der Waals surface area contributed by atoms with Crippen molar-refractivity contribution >= 4 is 32.9 Å². The van der Waals surface area contributed by atoms with Crippen LogP contribution in [0.4, 0.5) is 90.4 Å². The minimum atomic E-state index is -7.08. The van der Waals surface area contributed by atoms with Gasteiger partial charge in [0.2, 0.25) is 0 Å². The van der Waals surface area contributed by atoms with Gasteiger partial charge in [0.05, 0.1) is 0 Å². The second-order valence-corrected chi connectivity index (χ2v) is 9.69. The number of hydrogen-bond acceptors (Lipinski definition) is 5. The van der Waals surface area contributed by atoms with Crippen LogP contribution in [-0.4, -0.2) is 52.4 Å². The van der Waals surface area contributed by atoms with E-state index in [-0.39, 0.29) is 24.3 Å². The van der Waals surface area contributed by atoms with Gasteiger partial charge in [0.1, 0.15) is 0 Å². The van der Waals surface area contributed by atoms with Crippen LogP contribution in [0, 0.1) is 0 Å². The smallest absolute Gasteiger partial charge is 0.398 e. The first kappa shape index (κ1) is 36.9. The molecule has 0 aliphatic heterocycles. The van der Waals surface area contributed by atoms with Crippen LogP contribution in [0.15, 0.2) is 30.3 Å². The summed E-state index contributed by atoms with van der Waals surface area (Å²) in [4.78, 5) is 0. The van der Waals surface area contributed by atoms with E-state index in [9.17, 15) is 94.3 Å². The van der Waals surface area contributed by atoms with Gasteiger partial charge in [-0.05, 0) is 46.5 Å². The van der Waals surface area contributed by atoms with Crippen LogP contribution in [-0.2, 0) is 16.8 Å². The summed E-state index contributed by atoms with van der Waals surface area (Å²) < 4.78 is 246. The van der Waals surface area contributed by atoms with Gasteiger partial charge in [-0.3, -0.25) is 0 Å². The zero-order valence-corrected chi connectivity index (χ0v) is 21.2. The van der Waals surface area contributed by atoms with Crippen molar-refractivity contribution in [1.82, 2.24) is 0 Å². The Kier molecular flexibility index (Phi) is 7.98. The van der Waals surface area contributed by atoms with E-state index in [1.807, 2.05) is 0 Å². The SMILES string of the molecule is Nc1cc2cc3c(N)c(C(O)(C(F)(F)F)C(F)(F)F)cc(C(O)(C(F)(F)F)C(F)(F)F)c3cc2cc1C(O)(C(F)(F)F)C(F)(F)F. The summed E-state index contributed by atoms with van der Waals surface area (Å²) in [6.45, 7) is 0. The first-order chi connectivity index (χ1) is 20.1. The quantitative estimate of drug-likeness (QED) is 0.114. The summed E-state index contributed by atoms with van der Waals surface area (Å²) in [5.74, 6) is 0. The fraction of sp³-hybridized carbons (Fsp3) is 0.391. The zero-order valence-electron chi connectivity index (χ0n) is 21.2. The van der Waals surface area contributed by atoms with Gasteiger partial charge < -0.3 is 26.8 Å². The van der Waals surface area contributed by atoms with Crippen molar-refractivity contribution in [2.75, 3.05) is 11.5 Å². The molecule has 23 heteroatoms. The Morgan fingerprint density at radius 3 is 1.04 bits per heavy atom. The molecule has 0 radical (unpaired) electrons. The number of alkyl halides is 18. The average Bonchev–Trinajstić information content (AvgIpc) is 2.82. The van der Waals surface area contributed by atoms with E-state index in [0.29, 0.717) is 0 Å². The van der Waals surface area contributed by atoms with Crippen LogP contribution < -0.4 is 11.5 Å². The zero-order chi connectivity index (χ0) is 36.2. The molecular formula is C23H12F18N2O3. The Hall–Kier alpha value is -3.60. The lowest BCUT2D eigenvalue weighted by molar-refractivity contribution is -0.378. The highest BCUT2D eigenvalue weighted by molar-refractivity contribution is 6.07. The second kappa shape index (κ2) is 9.95. The lowest BCUT2D eigenvalue weighted by atomic mass is 9.80. The fourth-order valence-corrected chi connectivity index (χ4v) is 4.57. The molecule has 5 nitrogen and oxygen atoms in total. The largest absolute Gasteiger partial charge is 0.430 e. The van der Waals surface area contributed by atoms with E-state index < -0.39 is 110 Å². The van der Waals surface area contributed by atoms with Crippen molar-refractivity contribution in [3.05, 3.63) is 47.0 Å². The minimum absolute atomic E-state index is 0.00765. The predicted molar refractivity (Wildman–Crippen MR) is 118 cm³/mol. The van der Waals surface area contributed by atoms with Gasteiger partial charge in [-0.25, -0.2) is 0 Å². The third-order valence-electron chi connectivity index (χ3n) is 6.94. The van der Waals surface area contributed by atoms with Crippen molar-refractivity contribution < 1.29 is 94.3 Å². The van der Waals surface area contributed by atoms with Crippen LogP contribution in [0.5, 0.6) is 0 Å². The summed E-state index contributed by atoms with van der Waals surface area (Å²) in [7, 11) is 0. The topological polar surface area (TPSA) is 113 Å². The molecule has 0 fully saturated rings. The predicted octanol–water partition coefficient (Wildman–Crippen LogP) is 7.09. The van der Waals surface area contributed by atoms with Gasteiger partial charge in [-0.2, -0.15) is 79.0 Å². The Labute approximate surface area is 240 Å². The standard InChI is InChI=1S/C23H12F18N2O3/c24-18(25,26)15(44,19(27,28)29)10-5-12(17(46,22(36,37)38)23(39,40)41)14(43)9-2-7-4-13(42)11(3-6(7)1-8(9)10)16(45,20(30,31)32)21(33,34)35/h1-5,44-46H,42-43H2. The Bertz CT molecular complexity index is 1640. The lowest BCUT2D eigenvalue weighted by Crippen LogP contribution is -2.56. The van der Waals surface area contributed by atoms with E-state index >= 15 is 0 Å². The van der Waals surface area contributed by atoms with Crippen molar-refractivity contribution in [2.24, 2.45) is 0 Å². The molecule has 0 unspecified atom stereocenters. The Balaban J connectivity index is 2.75. The summed E-state index contributed by atoms with van der Waals surface area (Å²) in [6.07, 6.45) is -41.4. The molecule has 0 atom stereocenters. The fourth-order valence-electron chi connectivity index (χ4n) is 4.57. The number of aliphatic hydroxyl groups is 3. The maximum atomic E-state index is 13.9. The first-order valence-electron chi connectivity index (χ1n) is 11.3. The van der Waals surface area contributed by atoms with Gasteiger partial charge in [-0.1, -0.05) is 0 Å². The van der Waals surface area contributed by atoms with Crippen molar-refractivity contribution in [2.45, 2.75) is 53.9 Å². The van der Waals surface area contributed by atoms with E-state index in [0.717, 1.165) is 0 Å². The van der Waals surface area contributed by atoms with Crippen LogP contribution in [0.3, 0.4) is 0 Å². The molecule has 0 aliphatic rings. The molecule has 3 rings (SSSR count). The maximum Gasteiger partial charge on any atom is 0.430 e. The van der Waals surface area contributed by atoms with Crippen molar-refractivity contribution in [1.29, 1.82) is 0 Å². The van der Waals surface area contributed by atoms with Crippen LogP contribution >= 0.6 is 0 Å². The highest BCUT2D eigenvalue weighted by Crippen LogP contribution is 2.58. The van der Waals surface area contributed by atoms with Gasteiger partial charge in [-0.15, -0.1) is 0 Å². The third kappa shape index (κ3) is 4.96. The van der Waals surface area contributed by atoms with Crippen LogP contribution in [0.25, 0.3) is 21.5 Å². The lowest BCUT2D eigenvalue weighted by Gasteiger charge is -2.37. The molecule has 0 heterocycles. The molecule has 0 bridgehead atoms. The second-order valence-electron chi connectivity index (χ2n) is 9.69. The third-order valence-corrected chi connectivity index (χ3v) is 6.94. The number of nitrogen functional groups attached to an aromatic ring is 2. The molecule has 0 saturated carbocycles. The summed E-state index contributed by atoms with van der Waals surface area (Å²) in [6, 6.07) is -1.77.